The van der Waals surface area contributed by atoms with E-state index in [2.05, 4.69) is 12.2 Å². The fourth-order valence-corrected chi connectivity index (χ4v) is 2.43. The van der Waals surface area contributed by atoms with E-state index in [4.69, 9.17) is 0 Å². The molecule has 3 unspecified atom stereocenters. The highest BCUT2D eigenvalue weighted by Crippen LogP contribution is 2.32. The van der Waals surface area contributed by atoms with Crippen molar-refractivity contribution >= 4 is 0 Å². The Balaban J connectivity index is 2.32. The van der Waals surface area contributed by atoms with Crippen LogP contribution >= 0.6 is 0 Å². The first kappa shape index (κ1) is 11.0. The summed E-state index contributed by atoms with van der Waals surface area (Å²) in [6.07, 6.45) is 6.30. The van der Waals surface area contributed by atoms with Crippen molar-refractivity contribution in [3.8, 4) is 0 Å². The molecule has 2 nitrogen and oxygen atoms in total. The standard InChI is InChI=1S/C11H23NO/c1-3-9-5-4-6-10(7-9)11(13)8-12-2/h9-13H,3-8H2,1-2H3. The van der Waals surface area contributed by atoms with Gasteiger partial charge >= 0.3 is 0 Å². The Bertz CT molecular complexity index is 138. The first-order chi connectivity index (χ1) is 6.27. The number of hydrogen-bond donors (Lipinski definition) is 2. The predicted molar refractivity (Wildman–Crippen MR) is 55.7 cm³/mol. The zero-order chi connectivity index (χ0) is 9.68. The van der Waals surface area contributed by atoms with Crippen molar-refractivity contribution in [2.75, 3.05) is 13.6 Å². The Labute approximate surface area is 81.7 Å². The van der Waals surface area contributed by atoms with E-state index in [0.29, 0.717) is 5.92 Å². The Morgan fingerprint density at radius 1 is 1.46 bits per heavy atom. The van der Waals surface area contributed by atoms with Crippen LogP contribution in [0, 0.1) is 11.8 Å². The molecular formula is C11H23NO. The molecule has 0 aromatic rings. The van der Waals surface area contributed by atoms with Gasteiger partial charge in [-0.25, -0.2) is 0 Å². The number of hydrogen-bond acceptors (Lipinski definition) is 2. The monoisotopic (exact) mass is 185 g/mol. The van der Waals surface area contributed by atoms with Crippen LogP contribution < -0.4 is 5.32 Å². The molecule has 0 bridgehead atoms. The first-order valence-corrected chi connectivity index (χ1v) is 5.60. The van der Waals surface area contributed by atoms with Crippen LogP contribution in [0.3, 0.4) is 0 Å². The zero-order valence-electron chi connectivity index (χ0n) is 8.92. The second-order valence-corrected chi connectivity index (χ2v) is 4.33. The summed E-state index contributed by atoms with van der Waals surface area (Å²) in [6.45, 7) is 3.01. The summed E-state index contributed by atoms with van der Waals surface area (Å²) in [6, 6.07) is 0. The number of aliphatic hydroxyl groups is 1. The molecule has 1 fully saturated rings. The lowest BCUT2D eigenvalue weighted by Gasteiger charge is -2.31. The third-order valence-corrected chi connectivity index (χ3v) is 3.36. The molecule has 78 valence electrons. The van der Waals surface area contributed by atoms with Gasteiger partial charge < -0.3 is 10.4 Å². The molecule has 0 radical (unpaired) electrons. The summed E-state index contributed by atoms with van der Waals surface area (Å²) >= 11 is 0. The van der Waals surface area contributed by atoms with Crippen molar-refractivity contribution in [1.82, 2.24) is 5.32 Å². The van der Waals surface area contributed by atoms with Gasteiger partial charge in [-0.3, -0.25) is 0 Å². The lowest BCUT2D eigenvalue weighted by atomic mass is 9.77. The van der Waals surface area contributed by atoms with Gasteiger partial charge in [0, 0.05) is 6.54 Å². The molecule has 0 aliphatic heterocycles. The summed E-state index contributed by atoms with van der Waals surface area (Å²) in [4.78, 5) is 0. The molecular weight excluding hydrogens is 162 g/mol. The SMILES string of the molecule is CCC1CCCC(C(O)CNC)C1. The van der Waals surface area contributed by atoms with Gasteiger partial charge in [-0.2, -0.15) is 0 Å². The van der Waals surface area contributed by atoms with Gasteiger partial charge in [-0.1, -0.05) is 26.2 Å². The van der Waals surface area contributed by atoms with Gasteiger partial charge in [0.1, 0.15) is 0 Å². The van der Waals surface area contributed by atoms with E-state index in [1.54, 1.807) is 0 Å². The van der Waals surface area contributed by atoms with E-state index in [0.717, 1.165) is 12.5 Å². The van der Waals surface area contributed by atoms with Crippen LogP contribution in [0.25, 0.3) is 0 Å². The Morgan fingerprint density at radius 3 is 2.85 bits per heavy atom. The maximum Gasteiger partial charge on any atom is 0.0692 e. The highest BCUT2D eigenvalue weighted by Gasteiger charge is 2.25. The fraction of sp³-hybridized carbons (Fsp3) is 1.00. The Morgan fingerprint density at radius 2 is 2.23 bits per heavy atom. The minimum Gasteiger partial charge on any atom is -0.392 e. The van der Waals surface area contributed by atoms with Gasteiger partial charge in [0.15, 0.2) is 0 Å². The number of nitrogens with one attached hydrogen (secondary N) is 1. The highest BCUT2D eigenvalue weighted by molar-refractivity contribution is 4.78. The lowest BCUT2D eigenvalue weighted by molar-refractivity contribution is 0.0694. The molecule has 1 rings (SSSR count). The van der Waals surface area contributed by atoms with Crippen molar-refractivity contribution < 1.29 is 5.11 Å². The minimum absolute atomic E-state index is 0.126. The quantitative estimate of drug-likeness (QED) is 0.700. The predicted octanol–water partition coefficient (Wildman–Crippen LogP) is 1.78. The molecule has 1 aliphatic rings. The summed E-state index contributed by atoms with van der Waals surface area (Å²) in [5, 5.41) is 12.9. The summed E-state index contributed by atoms with van der Waals surface area (Å²) in [5.74, 6) is 1.41. The molecule has 1 aliphatic carbocycles. The average Bonchev–Trinajstić information content (AvgIpc) is 2.18. The van der Waals surface area contributed by atoms with Gasteiger partial charge in [0.25, 0.3) is 0 Å². The Hall–Kier alpha value is -0.0800. The normalized spacial score (nSPS) is 31.6. The summed E-state index contributed by atoms with van der Waals surface area (Å²) in [5.41, 5.74) is 0. The van der Waals surface area contributed by atoms with Gasteiger partial charge in [0.05, 0.1) is 6.10 Å². The minimum atomic E-state index is -0.126. The van der Waals surface area contributed by atoms with Crippen molar-refractivity contribution in [2.24, 2.45) is 11.8 Å². The number of rotatable bonds is 4. The maximum atomic E-state index is 9.82. The molecule has 13 heavy (non-hydrogen) atoms. The van der Waals surface area contributed by atoms with Crippen molar-refractivity contribution in [2.45, 2.75) is 45.1 Å². The molecule has 1 saturated carbocycles. The largest absolute Gasteiger partial charge is 0.392 e. The molecule has 0 amide bonds. The topological polar surface area (TPSA) is 32.3 Å². The molecule has 2 N–H and O–H groups in total. The van der Waals surface area contributed by atoms with E-state index in [9.17, 15) is 5.11 Å². The molecule has 0 aromatic carbocycles. The van der Waals surface area contributed by atoms with Crippen LogP contribution in [0.5, 0.6) is 0 Å². The lowest BCUT2D eigenvalue weighted by Crippen LogP contribution is -2.34. The van der Waals surface area contributed by atoms with Crippen LogP contribution in [0.4, 0.5) is 0 Å². The molecule has 0 spiro atoms. The third-order valence-electron chi connectivity index (χ3n) is 3.36. The second kappa shape index (κ2) is 5.61. The molecule has 0 saturated heterocycles. The molecule has 0 aromatic heterocycles. The molecule has 2 heteroatoms. The van der Waals surface area contributed by atoms with Crippen LogP contribution in [-0.2, 0) is 0 Å². The molecule has 3 atom stereocenters. The summed E-state index contributed by atoms with van der Waals surface area (Å²) < 4.78 is 0. The van der Waals surface area contributed by atoms with Crippen LogP contribution in [0.1, 0.15) is 39.0 Å². The van der Waals surface area contributed by atoms with Gasteiger partial charge in [-0.05, 0) is 31.7 Å². The Kier molecular flexibility index (Phi) is 4.74. The first-order valence-electron chi connectivity index (χ1n) is 5.60. The van der Waals surface area contributed by atoms with Crippen molar-refractivity contribution in [1.29, 1.82) is 0 Å². The van der Waals surface area contributed by atoms with Gasteiger partial charge in [-0.15, -0.1) is 0 Å². The smallest absolute Gasteiger partial charge is 0.0692 e. The maximum absolute atomic E-state index is 9.82. The van der Waals surface area contributed by atoms with Crippen LogP contribution in [0.15, 0.2) is 0 Å². The average molecular weight is 185 g/mol. The van der Waals surface area contributed by atoms with E-state index in [-0.39, 0.29) is 6.10 Å². The van der Waals surface area contributed by atoms with Gasteiger partial charge in [0.2, 0.25) is 0 Å². The van der Waals surface area contributed by atoms with E-state index < -0.39 is 0 Å². The van der Waals surface area contributed by atoms with Crippen LogP contribution in [-0.4, -0.2) is 24.8 Å². The van der Waals surface area contributed by atoms with Crippen molar-refractivity contribution in [3.63, 3.8) is 0 Å². The highest BCUT2D eigenvalue weighted by atomic mass is 16.3. The van der Waals surface area contributed by atoms with Crippen LogP contribution in [0.2, 0.25) is 0 Å². The number of aliphatic hydroxyl groups excluding tert-OH is 1. The van der Waals surface area contributed by atoms with E-state index in [1.165, 1.54) is 32.1 Å². The van der Waals surface area contributed by atoms with Crippen molar-refractivity contribution in [3.05, 3.63) is 0 Å². The zero-order valence-corrected chi connectivity index (χ0v) is 8.92. The second-order valence-electron chi connectivity index (χ2n) is 4.33. The van der Waals surface area contributed by atoms with E-state index in [1.807, 2.05) is 7.05 Å². The number of likely N-dealkylation sites (N-methyl/N-ethyl adjacent to an activating group) is 1. The summed E-state index contributed by atoms with van der Waals surface area (Å²) in [7, 11) is 1.91. The molecule has 0 heterocycles. The van der Waals surface area contributed by atoms with E-state index >= 15 is 0 Å². The third kappa shape index (κ3) is 3.28. The fourth-order valence-electron chi connectivity index (χ4n) is 2.43.